The second kappa shape index (κ2) is 5.67. The quantitative estimate of drug-likeness (QED) is 0.830. The van der Waals surface area contributed by atoms with E-state index < -0.39 is 0 Å². The van der Waals surface area contributed by atoms with Crippen molar-refractivity contribution in [3.63, 3.8) is 0 Å². The van der Waals surface area contributed by atoms with Crippen LogP contribution in [0.5, 0.6) is 5.75 Å². The van der Waals surface area contributed by atoms with Crippen molar-refractivity contribution >= 4 is 17.7 Å². The van der Waals surface area contributed by atoms with Gasteiger partial charge in [0.1, 0.15) is 5.75 Å². The van der Waals surface area contributed by atoms with Crippen molar-refractivity contribution in [3.05, 3.63) is 35.4 Å². The molecule has 5 nitrogen and oxygen atoms in total. The molecule has 0 saturated carbocycles. The molecule has 0 fully saturated rings. The normalized spacial score (nSPS) is 17.0. The maximum Gasteiger partial charge on any atom is 0.275 e. The van der Waals surface area contributed by atoms with Crippen LogP contribution in [0, 0.1) is 0 Å². The highest BCUT2D eigenvalue weighted by Crippen LogP contribution is 2.19. The highest BCUT2D eigenvalue weighted by molar-refractivity contribution is 6.26. The summed E-state index contributed by atoms with van der Waals surface area (Å²) in [6, 6.07) is 7.43. The summed E-state index contributed by atoms with van der Waals surface area (Å²) in [5.41, 5.74) is 2.12. The number of hydrogen-bond acceptors (Lipinski definition) is 4. The molecule has 0 aliphatic carbocycles. The molecule has 1 amide bonds. The van der Waals surface area contributed by atoms with Gasteiger partial charge in [0.25, 0.3) is 5.91 Å². The standard InChI is InChI=1S/C14H16N2O3/c1-10-13(14(18)16(15-10)7-8-17)9-11-3-5-12(19-2)6-4-11/h3-6,9,17H,7-8H2,1-2H3. The number of hydrazone groups is 1. The molecule has 100 valence electrons. The van der Waals surface area contributed by atoms with E-state index in [1.807, 2.05) is 24.3 Å². The lowest BCUT2D eigenvalue weighted by atomic mass is 10.1. The van der Waals surface area contributed by atoms with Crippen LogP contribution in [-0.4, -0.2) is 42.0 Å². The van der Waals surface area contributed by atoms with Crippen LogP contribution in [-0.2, 0) is 4.79 Å². The van der Waals surface area contributed by atoms with E-state index in [4.69, 9.17) is 9.84 Å². The second-order valence-corrected chi connectivity index (χ2v) is 4.17. The zero-order valence-corrected chi connectivity index (χ0v) is 11.0. The Hall–Kier alpha value is -2.14. The Morgan fingerprint density at radius 3 is 2.63 bits per heavy atom. The van der Waals surface area contributed by atoms with Crippen LogP contribution >= 0.6 is 0 Å². The first-order valence-corrected chi connectivity index (χ1v) is 5.99. The fraction of sp³-hybridized carbons (Fsp3) is 0.286. The summed E-state index contributed by atoms with van der Waals surface area (Å²) in [6.07, 6.45) is 1.79. The number of methoxy groups -OCH3 is 1. The van der Waals surface area contributed by atoms with Gasteiger partial charge in [-0.15, -0.1) is 0 Å². The SMILES string of the molecule is COc1ccc(C=C2C(=O)N(CCO)N=C2C)cc1. The summed E-state index contributed by atoms with van der Waals surface area (Å²) in [5.74, 6) is 0.592. The smallest absolute Gasteiger partial charge is 0.275 e. The average molecular weight is 260 g/mol. The number of β-amino-alcohol motifs (C(OH)–C–C–N with tert-alkyl or cyclic N) is 1. The third kappa shape index (κ3) is 2.82. The predicted molar refractivity (Wildman–Crippen MR) is 72.9 cm³/mol. The molecule has 0 saturated heterocycles. The minimum Gasteiger partial charge on any atom is -0.497 e. The van der Waals surface area contributed by atoms with Gasteiger partial charge in [-0.05, 0) is 30.7 Å². The number of aliphatic hydroxyl groups is 1. The molecular weight excluding hydrogens is 244 g/mol. The topological polar surface area (TPSA) is 62.1 Å². The highest BCUT2D eigenvalue weighted by Gasteiger charge is 2.26. The summed E-state index contributed by atoms with van der Waals surface area (Å²) in [7, 11) is 1.61. The zero-order chi connectivity index (χ0) is 13.8. The van der Waals surface area contributed by atoms with Crippen molar-refractivity contribution in [3.8, 4) is 5.75 Å². The number of amides is 1. The summed E-state index contributed by atoms with van der Waals surface area (Å²) in [5, 5.41) is 14.3. The lowest BCUT2D eigenvalue weighted by molar-refractivity contribution is -0.126. The van der Waals surface area contributed by atoms with Crippen molar-refractivity contribution in [1.82, 2.24) is 5.01 Å². The zero-order valence-electron chi connectivity index (χ0n) is 11.0. The Morgan fingerprint density at radius 2 is 2.05 bits per heavy atom. The van der Waals surface area contributed by atoms with Gasteiger partial charge in [-0.3, -0.25) is 4.79 Å². The summed E-state index contributed by atoms with van der Waals surface area (Å²) < 4.78 is 5.08. The van der Waals surface area contributed by atoms with E-state index in [9.17, 15) is 4.79 Å². The summed E-state index contributed by atoms with van der Waals surface area (Å²) >= 11 is 0. The number of rotatable bonds is 4. The maximum absolute atomic E-state index is 12.0. The first kappa shape index (κ1) is 13.3. The van der Waals surface area contributed by atoms with E-state index in [0.717, 1.165) is 11.3 Å². The lowest BCUT2D eigenvalue weighted by Crippen LogP contribution is -2.25. The molecule has 1 aliphatic rings. The lowest BCUT2D eigenvalue weighted by Gasteiger charge is -2.08. The van der Waals surface area contributed by atoms with E-state index >= 15 is 0 Å². The molecule has 19 heavy (non-hydrogen) atoms. The third-order valence-corrected chi connectivity index (χ3v) is 2.86. The van der Waals surface area contributed by atoms with Gasteiger partial charge in [0.05, 0.1) is 31.5 Å². The Kier molecular flexibility index (Phi) is 3.97. The molecule has 1 aliphatic heterocycles. The fourth-order valence-electron chi connectivity index (χ4n) is 1.85. The molecule has 0 unspecified atom stereocenters. The van der Waals surface area contributed by atoms with Crippen molar-refractivity contribution in [2.75, 3.05) is 20.3 Å². The highest BCUT2D eigenvalue weighted by atomic mass is 16.5. The van der Waals surface area contributed by atoms with Gasteiger partial charge in [-0.1, -0.05) is 12.1 Å². The number of carbonyl (C=O) groups excluding carboxylic acids is 1. The third-order valence-electron chi connectivity index (χ3n) is 2.86. The number of nitrogens with zero attached hydrogens (tertiary/aromatic N) is 2. The molecule has 1 N–H and O–H groups in total. The molecule has 0 bridgehead atoms. The molecule has 0 radical (unpaired) electrons. The number of carbonyl (C=O) groups is 1. The van der Waals surface area contributed by atoms with Gasteiger partial charge in [-0.25, -0.2) is 5.01 Å². The molecule has 1 aromatic carbocycles. The summed E-state index contributed by atoms with van der Waals surface area (Å²) in [4.78, 5) is 12.0. The summed E-state index contributed by atoms with van der Waals surface area (Å²) in [6.45, 7) is 1.90. The second-order valence-electron chi connectivity index (χ2n) is 4.17. The van der Waals surface area contributed by atoms with E-state index in [-0.39, 0.29) is 19.1 Å². The van der Waals surface area contributed by atoms with Crippen LogP contribution in [0.1, 0.15) is 12.5 Å². The van der Waals surface area contributed by atoms with Gasteiger partial charge in [0, 0.05) is 0 Å². The number of aliphatic hydroxyl groups excluding tert-OH is 1. The van der Waals surface area contributed by atoms with Crippen LogP contribution in [0.25, 0.3) is 6.08 Å². The maximum atomic E-state index is 12.0. The van der Waals surface area contributed by atoms with Crippen LogP contribution < -0.4 is 4.74 Å². The van der Waals surface area contributed by atoms with Crippen LogP contribution in [0.4, 0.5) is 0 Å². The van der Waals surface area contributed by atoms with Gasteiger partial charge >= 0.3 is 0 Å². The molecule has 1 aromatic rings. The Bertz CT molecular complexity index is 532. The van der Waals surface area contributed by atoms with Crippen molar-refractivity contribution in [2.24, 2.45) is 5.10 Å². The molecule has 0 aromatic heterocycles. The molecule has 2 rings (SSSR count). The average Bonchev–Trinajstić information content (AvgIpc) is 2.68. The Labute approximate surface area is 111 Å². The molecular formula is C14H16N2O3. The van der Waals surface area contributed by atoms with Crippen molar-refractivity contribution in [1.29, 1.82) is 0 Å². The van der Waals surface area contributed by atoms with Gasteiger partial charge < -0.3 is 9.84 Å². The largest absolute Gasteiger partial charge is 0.497 e. The van der Waals surface area contributed by atoms with E-state index in [0.29, 0.717) is 11.3 Å². The molecule has 0 spiro atoms. The van der Waals surface area contributed by atoms with Crippen LogP contribution in [0.3, 0.4) is 0 Å². The van der Waals surface area contributed by atoms with Gasteiger partial charge in [0.2, 0.25) is 0 Å². The molecule has 0 atom stereocenters. The first-order chi connectivity index (χ1) is 9.15. The van der Waals surface area contributed by atoms with E-state index in [1.165, 1.54) is 5.01 Å². The fourth-order valence-corrected chi connectivity index (χ4v) is 1.85. The number of benzene rings is 1. The number of ether oxygens (including phenoxy) is 1. The van der Waals surface area contributed by atoms with Gasteiger partial charge in [0.15, 0.2) is 0 Å². The predicted octanol–water partition coefficient (Wildman–Crippen LogP) is 1.29. The monoisotopic (exact) mass is 260 g/mol. The molecule has 5 heteroatoms. The molecule has 1 heterocycles. The van der Waals surface area contributed by atoms with Gasteiger partial charge in [-0.2, -0.15) is 5.10 Å². The van der Waals surface area contributed by atoms with Crippen molar-refractivity contribution < 1.29 is 14.6 Å². The van der Waals surface area contributed by atoms with Crippen molar-refractivity contribution in [2.45, 2.75) is 6.92 Å². The van der Waals surface area contributed by atoms with Crippen LogP contribution in [0.2, 0.25) is 0 Å². The minimum absolute atomic E-state index is 0.0989. The number of hydrogen-bond donors (Lipinski definition) is 1. The minimum atomic E-state index is -0.178. The van der Waals surface area contributed by atoms with E-state index in [2.05, 4.69) is 5.10 Å². The Morgan fingerprint density at radius 1 is 1.37 bits per heavy atom. The Balaban J connectivity index is 2.23. The van der Waals surface area contributed by atoms with E-state index in [1.54, 1.807) is 20.1 Å². The first-order valence-electron chi connectivity index (χ1n) is 5.99. The van der Waals surface area contributed by atoms with Crippen LogP contribution in [0.15, 0.2) is 34.9 Å².